The van der Waals surface area contributed by atoms with Crippen molar-refractivity contribution >= 4 is 0 Å². The highest BCUT2D eigenvalue weighted by molar-refractivity contribution is 5.08. The second kappa shape index (κ2) is 1.99. The van der Waals surface area contributed by atoms with Crippen molar-refractivity contribution in [2.24, 2.45) is 11.3 Å². The van der Waals surface area contributed by atoms with Gasteiger partial charge in [0.15, 0.2) is 0 Å². The molecule has 1 heterocycles. The molecule has 11 heavy (non-hydrogen) atoms. The summed E-state index contributed by atoms with van der Waals surface area (Å²) in [5.41, 5.74) is 0.0167. The van der Waals surface area contributed by atoms with Crippen LogP contribution >= 0.6 is 0 Å². The molecule has 2 heteroatoms. The van der Waals surface area contributed by atoms with Gasteiger partial charge in [-0.2, -0.15) is 0 Å². The van der Waals surface area contributed by atoms with Gasteiger partial charge in [0.2, 0.25) is 0 Å². The Bertz CT molecular complexity index is 162. The van der Waals surface area contributed by atoms with Crippen LogP contribution in [0.1, 0.15) is 26.7 Å². The second-order valence-electron chi connectivity index (χ2n) is 4.60. The number of aliphatic hydroxyl groups is 1. The zero-order valence-electron chi connectivity index (χ0n) is 7.26. The Morgan fingerprint density at radius 3 is 2.09 bits per heavy atom. The fraction of sp³-hybridized carbons (Fsp3) is 1.00. The van der Waals surface area contributed by atoms with E-state index in [2.05, 4.69) is 13.8 Å². The van der Waals surface area contributed by atoms with Crippen LogP contribution in [0.2, 0.25) is 0 Å². The summed E-state index contributed by atoms with van der Waals surface area (Å²) in [6.07, 6.45) is 1.91. The molecule has 0 amide bonds. The lowest BCUT2D eigenvalue weighted by Gasteiger charge is -2.59. The Labute approximate surface area is 67.6 Å². The van der Waals surface area contributed by atoms with E-state index in [1.165, 1.54) is 0 Å². The maximum atomic E-state index is 9.93. The molecule has 1 N–H and O–H groups in total. The van der Waals surface area contributed by atoms with Crippen molar-refractivity contribution in [3.05, 3.63) is 0 Å². The average Bonchev–Trinajstić information content (AvgIpc) is 1.75. The number of hydrogen-bond donors (Lipinski definition) is 1. The lowest BCUT2D eigenvalue weighted by molar-refractivity contribution is -0.253. The number of hydrogen-bond acceptors (Lipinski definition) is 2. The maximum Gasteiger partial charge on any atom is 0.0684 e. The molecule has 2 rings (SSSR count). The molecule has 1 saturated carbocycles. The summed E-state index contributed by atoms with van der Waals surface area (Å²) in [6.45, 7) is 5.93. The van der Waals surface area contributed by atoms with Crippen LogP contribution < -0.4 is 0 Å². The molecule has 0 aromatic carbocycles. The zero-order chi connectivity index (χ0) is 8.11. The molecule has 2 nitrogen and oxygen atoms in total. The molecule has 0 unspecified atom stereocenters. The number of rotatable bonds is 1. The fourth-order valence-electron chi connectivity index (χ4n) is 2.25. The highest BCUT2D eigenvalue weighted by Gasteiger charge is 2.58. The van der Waals surface area contributed by atoms with E-state index < -0.39 is 0 Å². The largest absolute Gasteiger partial charge is 0.390 e. The Hall–Kier alpha value is -0.0800. The minimum atomic E-state index is -0.371. The lowest BCUT2D eigenvalue weighted by atomic mass is 9.54. The van der Waals surface area contributed by atoms with E-state index >= 15 is 0 Å². The summed E-state index contributed by atoms with van der Waals surface area (Å²) in [5, 5.41) is 9.93. The van der Waals surface area contributed by atoms with Gasteiger partial charge in [0.1, 0.15) is 0 Å². The molecule has 1 saturated heterocycles. The lowest BCUT2D eigenvalue weighted by Crippen LogP contribution is -2.63. The first-order chi connectivity index (χ1) is 5.06. The minimum Gasteiger partial charge on any atom is -0.390 e. The third kappa shape index (κ3) is 0.926. The Morgan fingerprint density at radius 2 is 1.82 bits per heavy atom. The van der Waals surface area contributed by atoms with E-state index in [0.717, 1.165) is 26.1 Å². The van der Waals surface area contributed by atoms with Crippen molar-refractivity contribution in [2.75, 3.05) is 13.2 Å². The van der Waals surface area contributed by atoms with E-state index in [4.69, 9.17) is 4.74 Å². The molecular weight excluding hydrogens is 140 g/mol. The van der Waals surface area contributed by atoms with Gasteiger partial charge in [0.05, 0.1) is 18.8 Å². The van der Waals surface area contributed by atoms with Gasteiger partial charge < -0.3 is 9.84 Å². The highest BCUT2D eigenvalue weighted by atomic mass is 16.5. The Balaban J connectivity index is 1.95. The molecule has 2 fully saturated rings. The van der Waals surface area contributed by atoms with Gasteiger partial charge in [0, 0.05) is 5.41 Å². The van der Waals surface area contributed by atoms with Crippen molar-refractivity contribution < 1.29 is 9.84 Å². The summed E-state index contributed by atoms with van der Waals surface area (Å²) < 4.78 is 5.14. The predicted octanol–water partition coefficient (Wildman–Crippen LogP) is 1.18. The van der Waals surface area contributed by atoms with Gasteiger partial charge >= 0.3 is 0 Å². The quantitative estimate of drug-likeness (QED) is 0.618. The Kier molecular flexibility index (Phi) is 1.37. The van der Waals surface area contributed by atoms with Crippen molar-refractivity contribution in [1.29, 1.82) is 0 Å². The minimum absolute atomic E-state index is 0.371. The van der Waals surface area contributed by atoms with E-state index in [0.29, 0.717) is 11.3 Å². The van der Waals surface area contributed by atoms with Crippen LogP contribution in [-0.4, -0.2) is 23.9 Å². The van der Waals surface area contributed by atoms with Gasteiger partial charge in [-0.15, -0.1) is 0 Å². The first-order valence-corrected chi connectivity index (χ1v) is 4.37. The summed E-state index contributed by atoms with van der Waals surface area (Å²) in [4.78, 5) is 0. The van der Waals surface area contributed by atoms with Crippen molar-refractivity contribution in [1.82, 2.24) is 0 Å². The molecule has 0 bridgehead atoms. The molecule has 1 aliphatic carbocycles. The van der Waals surface area contributed by atoms with Gasteiger partial charge in [-0.1, -0.05) is 13.8 Å². The molecule has 0 aromatic heterocycles. The summed E-state index contributed by atoms with van der Waals surface area (Å²) in [6, 6.07) is 0. The van der Waals surface area contributed by atoms with Crippen molar-refractivity contribution in [2.45, 2.75) is 32.3 Å². The summed E-state index contributed by atoms with van der Waals surface area (Å²) in [5.74, 6) is 0.397. The van der Waals surface area contributed by atoms with E-state index in [-0.39, 0.29) is 5.60 Å². The van der Waals surface area contributed by atoms with Crippen LogP contribution in [0, 0.1) is 11.3 Å². The van der Waals surface area contributed by atoms with Gasteiger partial charge in [0.25, 0.3) is 0 Å². The van der Waals surface area contributed by atoms with Gasteiger partial charge in [-0.25, -0.2) is 0 Å². The van der Waals surface area contributed by atoms with Gasteiger partial charge in [-0.3, -0.25) is 0 Å². The Morgan fingerprint density at radius 1 is 1.27 bits per heavy atom. The molecule has 0 radical (unpaired) electrons. The highest BCUT2D eigenvalue weighted by Crippen LogP contribution is 2.55. The van der Waals surface area contributed by atoms with Crippen LogP contribution in [0.4, 0.5) is 0 Å². The topological polar surface area (TPSA) is 29.5 Å². The maximum absolute atomic E-state index is 9.93. The predicted molar refractivity (Wildman–Crippen MR) is 42.3 cm³/mol. The average molecular weight is 156 g/mol. The SMILES string of the molecule is CC(C)C1(O)CC2(COC2)C1. The monoisotopic (exact) mass is 156 g/mol. The molecule has 2 aliphatic rings. The second-order valence-corrected chi connectivity index (χ2v) is 4.60. The van der Waals surface area contributed by atoms with Crippen LogP contribution in [-0.2, 0) is 4.74 Å². The van der Waals surface area contributed by atoms with Crippen LogP contribution in [0.5, 0.6) is 0 Å². The fourth-order valence-corrected chi connectivity index (χ4v) is 2.25. The molecule has 64 valence electrons. The molecular formula is C9H16O2. The molecule has 1 aliphatic heterocycles. The van der Waals surface area contributed by atoms with Crippen LogP contribution in [0.25, 0.3) is 0 Å². The van der Waals surface area contributed by atoms with E-state index in [9.17, 15) is 5.11 Å². The summed E-state index contributed by atoms with van der Waals surface area (Å²) in [7, 11) is 0. The van der Waals surface area contributed by atoms with Crippen LogP contribution in [0.15, 0.2) is 0 Å². The molecule has 0 atom stereocenters. The van der Waals surface area contributed by atoms with Crippen LogP contribution in [0.3, 0.4) is 0 Å². The summed E-state index contributed by atoms with van der Waals surface area (Å²) >= 11 is 0. The zero-order valence-corrected chi connectivity index (χ0v) is 7.26. The third-order valence-corrected chi connectivity index (χ3v) is 3.25. The number of ether oxygens (including phenoxy) is 1. The standard InChI is InChI=1S/C9H16O2/c1-7(2)9(10)3-8(4-9)5-11-6-8/h7,10H,3-6H2,1-2H3. The molecule has 0 aromatic rings. The van der Waals surface area contributed by atoms with E-state index in [1.54, 1.807) is 0 Å². The normalized spacial score (nSPS) is 31.6. The van der Waals surface area contributed by atoms with Gasteiger partial charge in [-0.05, 0) is 18.8 Å². The molecule has 1 spiro atoms. The first kappa shape index (κ1) is 7.56. The third-order valence-electron chi connectivity index (χ3n) is 3.25. The van der Waals surface area contributed by atoms with Crippen molar-refractivity contribution in [3.8, 4) is 0 Å². The van der Waals surface area contributed by atoms with E-state index in [1.807, 2.05) is 0 Å². The van der Waals surface area contributed by atoms with Crippen molar-refractivity contribution in [3.63, 3.8) is 0 Å². The smallest absolute Gasteiger partial charge is 0.0684 e. The first-order valence-electron chi connectivity index (χ1n) is 4.37.